The number of aromatic nitrogens is 2. The van der Waals surface area contributed by atoms with Crippen LogP contribution in [0.15, 0.2) is 12.4 Å². The Hall–Kier alpha value is -1.16. The van der Waals surface area contributed by atoms with E-state index in [4.69, 9.17) is 5.11 Å². The molecular weight excluding hydrogens is 190 g/mol. The molecule has 0 aromatic carbocycles. The number of hydrogen-bond acceptors (Lipinski definition) is 4. The maximum atomic E-state index is 9.02. The molecule has 4 heteroatoms. The maximum absolute atomic E-state index is 9.02. The lowest BCUT2D eigenvalue weighted by molar-refractivity contribution is 0.276. The molecule has 15 heavy (non-hydrogen) atoms. The van der Waals surface area contributed by atoms with Crippen LogP contribution in [0.4, 0.5) is 5.82 Å². The van der Waals surface area contributed by atoms with E-state index < -0.39 is 0 Å². The second-order valence-electron chi connectivity index (χ2n) is 4.51. The quantitative estimate of drug-likeness (QED) is 0.781. The molecular formula is C11H15N3O. The van der Waals surface area contributed by atoms with E-state index in [1.165, 1.54) is 19.3 Å². The third kappa shape index (κ3) is 1.49. The molecule has 0 amide bonds. The van der Waals surface area contributed by atoms with Crippen LogP contribution < -0.4 is 4.90 Å². The van der Waals surface area contributed by atoms with Crippen LogP contribution in [-0.2, 0) is 6.61 Å². The van der Waals surface area contributed by atoms with Gasteiger partial charge in [-0.15, -0.1) is 0 Å². The lowest BCUT2D eigenvalue weighted by atomic mass is 10.1. The van der Waals surface area contributed by atoms with Crippen molar-refractivity contribution >= 4 is 5.82 Å². The van der Waals surface area contributed by atoms with Crippen molar-refractivity contribution < 1.29 is 5.11 Å². The molecule has 3 rings (SSSR count). The Morgan fingerprint density at radius 2 is 2.33 bits per heavy atom. The van der Waals surface area contributed by atoms with Crippen LogP contribution in [0.25, 0.3) is 0 Å². The van der Waals surface area contributed by atoms with Crippen LogP contribution >= 0.6 is 0 Å². The number of aliphatic hydroxyl groups excluding tert-OH is 1. The summed E-state index contributed by atoms with van der Waals surface area (Å²) in [5, 5.41) is 9.02. The Labute approximate surface area is 89.0 Å². The highest BCUT2D eigenvalue weighted by Gasteiger charge is 2.38. The van der Waals surface area contributed by atoms with Crippen molar-refractivity contribution in [2.24, 2.45) is 5.92 Å². The van der Waals surface area contributed by atoms with Gasteiger partial charge in [-0.1, -0.05) is 0 Å². The zero-order valence-electron chi connectivity index (χ0n) is 8.63. The molecule has 2 heterocycles. The zero-order chi connectivity index (χ0) is 10.3. The summed E-state index contributed by atoms with van der Waals surface area (Å²) in [4.78, 5) is 10.9. The molecule has 1 aliphatic carbocycles. The first-order valence-corrected chi connectivity index (χ1v) is 5.55. The van der Waals surface area contributed by atoms with E-state index in [0.29, 0.717) is 11.7 Å². The zero-order valence-corrected chi connectivity index (χ0v) is 8.63. The second-order valence-corrected chi connectivity index (χ2v) is 4.51. The first-order valence-electron chi connectivity index (χ1n) is 5.55. The van der Waals surface area contributed by atoms with Gasteiger partial charge in [0.15, 0.2) is 0 Å². The van der Waals surface area contributed by atoms with Gasteiger partial charge in [0.05, 0.1) is 24.7 Å². The highest BCUT2D eigenvalue weighted by atomic mass is 16.3. The minimum absolute atomic E-state index is 0.0250. The summed E-state index contributed by atoms with van der Waals surface area (Å²) in [6.07, 6.45) is 7.40. The predicted octanol–water partition coefficient (Wildman–Crippen LogP) is 0.958. The smallest absolute Gasteiger partial charge is 0.147 e. The van der Waals surface area contributed by atoms with Crippen molar-refractivity contribution in [3.63, 3.8) is 0 Å². The Morgan fingerprint density at radius 1 is 1.40 bits per heavy atom. The summed E-state index contributed by atoms with van der Waals surface area (Å²) in [6.45, 7) is 1.09. The third-order valence-corrected chi connectivity index (χ3v) is 3.54. The predicted molar refractivity (Wildman–Crippen MR) is 56.4 cm³/mol. The Morgan fingerprint density at radius 3 is 3.00 bits per heavy atom. The molecule has 2 unspecified atom stereocenters. The van der Waals surface area contributed by atoms with Crippen LogP contribution in [0.2, 0.25) is 0 Å². The van der Waals surface area contributed by atoms with Crippen LogP contribution in [0.3, 0.4) is 0 Å². The Balaban J connectivity index is 1.86. The number of anilines is 1. The molecule has 2 atom stereocenters. The fourth-order valence-corrected chi connectivity index (χ4v) is 2.81. The van der Waals surface area contributed by atoms with Crippen LogP contribution in [0.1, 0.15) is 25.0 Å². The van der Waals surface area contributed by atoms with Gasteiger partial charge < -0.3 is 10.0 Å². The van der Waals surface area contributed by atoms with Gasteiger partial charge in [-0.05, 0) is 25.2 Å². The van der Waals surface area contributed by atoms with Gasteiger partial charge in [0.1, 0.15) is 5.82 Å². The molecule has 0 radical (unpaired) electrons. The highest BCUT2D eigenvalue weighted by Crippen LogP contribution is 2.39. The van der Waals surface area contributed by atoms with Crippen molar-refractivity contribution in [2.75, 3.05) is 11.4 Å². The number of nitrogens with zero attached hydrogens (tertiary/aromatic N) is 3. The molecule has 80 valence electrons. The van der Waals surface area contributed by atoms with Gasteiger partial charge in [-0.3, -0.25) is 4.98 Å². The maximum Gasteiger partial charge on any atom is 0.147 e. The van der Waals surface area contributed by atoms with Crippen LogP contribution in [0, 0.1) is 5.92 Å². The number of hydrogen-bond donors (Lipinski definition) is 1. The Kier molecular flexibility index (Phi) is 2.09. The number of piperidine rings is 1. The first kappa shape index (κ1) is 9.09. The lowest BCUT2D eigenvalue weighted by Gasteiger charge is -2.27. The van der Waals surface area contributed by atoms with Gasteiger partial charge >= 0.3 is 0 Å². The van der Waals surface area contributed by atoms with E-state index >= 15 is 0 Å². The molecule has 2 bridgehead atoms. The van der Waals surface area contributed by atoms with Crippen LogP contribution in [-0.4, -0.2) is 27.7 Å². The fraction of sp³-hybridized carbons (Fsp3) is 0.636. The number of fused-ring (bicyclic) bond motifs is 2. The third-order valence-electron chi connectivity index (χ3n) is 3.54. The van der Waals surface area contributed by atoms with Gasteiger partial charge in [-0.2, -0.15) is 0 Å². The lowest BCUT2D eigenvalue weighted by Crippen LogP contribution is -2.32. The van der Waals surface area contributed by atoms with Crippen molar-refractivity contribution in [3.8, 4) is 0 Å². The van der Waals surface area contributed by atoms with Gasteiger partial charge in [0.2, 0.25) is 0 Å². The largest absolute Gasteiger partial charge is 0.390 e. The van der Waals surface area contributed by atoms with Crippen molar-refractivity contribution in [3.05, 3.63) is 18.1 Å². The fourth-order valence-electron chi connectivity index (χ4n) is 2.81. The van der Waals surface area contributed by atoms with Crippen molar-refractivity contribution in [2.45, 2.75) is 31.9 Å². The summed E-state index contributed by atoms with van der Waals surface area (Å²) in [5.41, 5.74) is 0.662. The molecule has 2 fully saturated rings. The van der Waals surface area contributed by atoms with E-state index in [1.807, 2.05) is 0 Å². The summed E-state index contributed by atoms with van der Waals surface area (Å²) >= 11 is 0. The van der Waals surface area contributed by atoms with E-state index in [9.17, 15) is 0 Å². The van der Waals surface area contributed by atoms with Gasteiger partial charge in [0.25, 0.3) is 0 Å². The van der Waals surface area contributed by atoms with E-state index in [2.05, 4.69) is 14.9 Å². The number of aliphatic hydroxyl groups is 1. The van der Waals surface area contributed by atoms with E-state index in [1.54, 1.807) is 12.4 Å². The summed E-state index contributed by atoms with van der Waals surface area (Å²) in [7, 11) is 0. The summed E-state index contributed by atoms with van der Waals surface area (Å²) < 4.78 is 0. The van der Waals surface area contributed by atoms with Crippen LogP contribution in [0.5, 0.6) is 0 Å². The summed E-state index contributed by atoms with van der Waals surface area (Å²) in [6, 6.07) is 0.665. The first-order chi connectivity index (χ1) is 7.36. The molecule has 1 aromatic rings. The molecule has 4 nitrogen and oxygen atoms in total. The summed E-state index contributed by atoms with van der Waals surface area (Å²) in [5.74, 6) is 1.79. The average molecular weight is 205 g/mol. The van der Waals surface area contributed by atoms with Crippen molar-refractivity contribution in [1.82, 2.24) is 9.97 Å². The molecule has 1 saturated heterocycles. The van der Waals surface area contributed by atoms with E-state index in [0.717, 1.165) is 18.3 Å². The molecule has 1 aliphatic heterocycles. The second kappa shape index (κ2) is 3.45. The highest BCUT2D eigenvalue weighted by molar-refractivity contribution is 5.40. The number of rotatable bonds is 2. The topological polar surface area (TPSA) is 49.3 Å². The normalized spacial score (nSPS) is 28.7. The molecule has 1 saturated carbocycles. The molecule has 1 aromatic heterocycles. The SMILES string of the molecule is OCc1cncc(N2CC3CCC2C3)n1. The van der Waals surface area contributed by atoms with E-state index in [-0.39, 0.29) is 6.61 Å². The van der Waals surface area contributed by atoms with Gasteiger partial charge in [-0.25, -0.2) is 4.98 Å². The molecule has 1 N–H and O–H groups in total. The minimum atomic E-state index is -0.0250. The molecule has 0 spiro atoms. The Bertz CT molecular complexity index is 369. The standard InChI is InChI=1S/C11H15N3O/c15-7-9-4-12-5-11(13-9)14-6-8-1-2-10(14)3-8/h4-5,8,10,15H,1-3,6-7H2. The average Bonchev–Trinajstić information content (AvgIpc) is 2.91. The monoisotopic (exact) mass is 205 g/mol. The molecule has 2 aliphatic rings. The van der Waals surface area contributed by atoms with Crippen molar-refractivity contribution in [1.29, 1.82) is 0 Å². The van der Waals surface area contributed by atoms with Gasteiger partial charge in [0, 0.05) is 12.6 Å². The minimum Gasteiger partial charge on any atom is -0.390 e.